The third kappa shape index (κ3) is 2.84. The molecule has 2 aliphatic rings. The topological polar surface area (TPSA) is 94.5 Å². The Hall–Kier alpha value is -1.93. The average Bonchev–Trinajstić information content (AvgIpc) is 3.20. The Bertz CT molecular complexity index is 720. The maximum atomic E-state index is 12.5. The van der Waals surface area contributed by atoms with E-state index >= 15 is 0 Å². The summed E-state index contributed by atoms with van der Waals surface area (Å²) >= 11 is 1.22. The highest BCUT2D eigenvalue weighted by Crippen LogP contribution is 2.30. The van der Waals surface area contributed by atoms with Crippen LogP contribution < -0.4 is 5.73 Å². The second-order valence-corrected chi connectivity index (χ2v) is 6.91. The molecule has 23 heavy (non-hydrogen) atoms. The first-order chi connectivity index (χ1) is 11.2. The van der Waals surface area contributed by atoms with Crippen LogP contribution in [0.2, 0.25) is 0 Å². The zero-order valence-electron chi connectivity index (χ0n) is 12.7. The Morgan fingerprint density at radius 1 is 1.39 bits per heavy atom. The number of oxazole rings is 1. The molecule has 2 N–H and O–H groups in total. The zero-order chi connectivity index (χ0) is 15.8. The predicted molar refractivity (Wildman–Crippen MR) is 84.3 cm³/mol. The van der Waals surface area contributed by atoms with Crippen LogP contribution in [0.25, 0.3) is 0 Å². The minimum Gasteiger partial charge on any atom is -0.445 e. The predicted octanol–water partition coefficient (Wildman–Crippen LogP) is 1.81. The molecule has 0 unspecified atom stereocenters. The number of nitrogens with zero attached hydrogens (tertiary/aromatic N) is 3. The largest absolute Gasteiger partial charge is 0.445 e. The summed E-state index contributed by atoms with van der Waals surface area (Å²) in [6, 6.07) is 0. The van der Waals surface area contributed by atoms with Crippen molar-refractivity contribution in [2.75, 3.05) is 25.5 Å². The van der Waals surface area contributed by atoms with E-state index in [2.05, 4.69) is 9.97 Å². The molecule has 0 bridgehead atoms. The fraction of sp³-hybridized carbons (Fsp3) is 0.533. The molecule has 0 atom stereocenters. The van der Waals surface area contributed by atoms with Gasteiger partial charge in [-0.15, -0.1) is 0 Å². The average molecular weight is 334 g/mol. The second-order valence-electron chi connectivity index (χ2n) is 5.85. The van der Waals surface area contributed by atoms with Gasteiger partial charge in [0.15, 0.2) is 11.0 Å². The highest BCUT2D eigenvalue weighted by atomic mass is 32.1. The maximum absolute atomic E-state index is 12.5. The molecule has 8 heteroatoms. The van der Waals surface area contributed by atoms with E-state index in [1.807, 2.05) is 0 Å². The number of thiazole rings is 1. The molecule has 0 aromatic carbocycles. The number of nitrogen functional groups attached to an aromatic ring is 1. The van der Waals surface area contributed by atoms with Gasteiger partial charge in [-0.25, -0.2) is 9.97 Å². The standard InChI is InChI=1S/C15H18N4O3S/c16-15-17-7-12(23-15)14(20)19-4-1-11-10(8-19)18-13(22-11)9-2-5-21-6-3-9/h7,9H,1-6,8H2,(H2,16,17). The third-order valence-corrected chi connectivity index (χ3v) is 5.15. The van der Waals surface area contributed by atoms with E-state index < -0.39 is 0 Å². The fourth-order valence-electron chi connectivity index (χ4n) is 3.05. The third-order valence-electron chi connectivity index (χ3n) is 4.34. The van der Waals surface area contributed by atoms with Crippen molar-refractivity contribution >= 4 is 22.4 Å². The molecular weight excluding hydrogens is 316 g/mol. The van der Waals surface area contributed by atoms with E-state index in [4.69, 9.17) is 14.9 Å². The van der Waals surface area contributed by atoms with Crippen molar-refractivity contribution in [1.29, 1.82) is 0 Å². The van der Waals surface area contributed by atoms with Crippen molar-refractivity contribution in [3.63, 3.8) is 0 Å². The number of carbonyl (C=O) groups excluding carboxylic acids is 1. The first kappa shape index (κ1) is 14.6. The van der Waals surface area contributed by atoms with Gasteiger partial charge in [-0.2, -0.15) is 0 Å². The molecule has 4 rings (SSSR count). The normalized spacial score (nSPS) is 18.9. The molecule has 1 fully saturated rings. The van der Waals surface area contributed by atoms with Crippen LogP contribution in [-0.2, 0) is 17.7 Å². The Morgan fingerprint density at radius 3 is 2.96 bits per heavy atom. The lowest BCUT2D eigenvalue weighted by atomic mass is 10.0. The summed E-state index contributed by atoms with van der Waals surface area (Å²) in [4.78, 5) is 23.4. The van der Waals surface area contributed by atoms with Gasteiger partial charge in [0.25, 0.3) is 5.91 Å². The van der Waals surface area contributed by atoms with Gasteiger partial charge < -0.3 is 19.8 Å². The summed E-state index contributed by atoms with van der Waals surface area (Å²) in [6.07, 6.45) is 4.13. The quantitative estimate of drug-likeness (QED) is 0.900. The highest BCUT2D eigenvalue weighted by Gasteiger charge is 2.29. The Morgan fingerprint density at radius 2 is 2.22 bits per heavy atom. The summed E-state index contributed by atoms with van der Waals surface area (Å²) in [5.74, 6) is 2.01. The second kappa shape index (κ2) is 5.93. The lowest BCUT2D eigenvalue weighted by Crippen LogP contribution is -2.35. The smallest absolute Gasteiger partial charge is 0.266 e. The number of hydrogen-bond acceptors (Lipinski definition) is 7. The number of ether oxygens (including phenoxy) is 1. The molecule has 0 spiro atoms. The van der Waals surface area contributed by atoms with Crippen LogP contribution in [0.15, 0.2) is 10.6 Å². The summed E-state index contributed by atoms with van der Waals surface area (Å²) < 4.78 is 11.3. The van der Waals surface area contributed by atoms with E-state index in [-0.39, 0.29) is 5.91 Å². The molecule has 0 saturated carbocycles. The van der Waals surface area contributed by atoms with E-state index in [0.717, 1.165) is 43.4 Å². The van der Waals surface area contributed by atoms with Gasteiger partial charge in [-0.3, -0.25) is 4.79 Å². The van der Waals surface area contributed by atoms with Gasteiger partial charge in [-0.05, 0) is 12.8 Å². The Kier molecular flexibility index (Phi) is 3.78. The first-order valence-corrected chi connectivity index (χ1v) is 8.59. The van der Waals surface area contributed by atoms with Gasteiger partial charge in [0, 0.05) is 32.1 Å². The number of aromatic nitrogens is 2. The van der Waals surface area contributed by atoms with E-state index in [0.29, 0.717) is 35.4 Å². The van der Waals surface area contributed by atoms with Crippen molar-refractivity contribution in [2.24, 2.45) is 0 Å². The number of amides is 1. The number of hydrogen-bond donors (Lipinski definition) is 1. The fourth-order valence-corrected chi connectivity index (χ4v) is 3.71. The van der Waals surface area contributed by atoms with Gasteiger partial charge in [0.05, 0.1) is 12.7 Å². The number of anilines is 1. The molecule has 7 nitrogen and oxygen atoms in total. The highest BCUT2D eigenvalue weighted by molar-refractivity contribution is 7.17. The van der Waals surface area contributed by atoms with E-state index in [9.17, 15) is 4.79 Å². The lowest BCUT2D eigenvalue weighted by molar-refractivity contribution is 0.0730. The summed E-state index contributed by atoms with van der Waals surface area (Å²) in [5.41, 5.74) is 6.49. The van der Waals surface area contributed by atoms with Gasteiger partial charge >= 0.3 is 0 Å². The zero-order valence-corrected chi connectivity index (χ0v) is 13.5. The molecule has 0 radical (unpaired) electrons. The number of carbonyl (C=O) groups is 1. The molecule has 2 aromatic rings. The SMILES string of the molecule is Nc1ncc(C(=O)N2CCc3oc(C4CCOCC4)nc3C2)s1. The van der Waals surface area contributed by atoms with Crippen LogP contribution in [0.1, 0.15) is 45.8 Å². The minimum absolute atomic E-state index is 0.0412. The van der Waals surface area contributed by atoms with E-state index in [1.165, 1.54) is 17.5 Å². The Labute approximate surface area is 137 Å². The molecule has 2 aliphatic heterocycles. The maximum Gasteiger partial charge on any atom is 0.266 e. The summed E-state index contributed by atoms with van der Waals surface area (Å²) in [5, 5.41) is 0.411. The van der Waals surface area contributed by atoms with Crippen LogP contribution in [0, 0.1) is 0 Å². The molecule has 4 heterocycles. The molecule has 0 aliphatic carbocycles. The molecular formula is C15H18N4O3S. The number of fused-ring (bicyclic) bond motifs is 1. The molecule has 1 amide bonds. The van der Waals surface area contributed by atoms with Crippen molar-refractivity contribution in [3.05, 3.63) is 28.4 Å². The molecule has 2 aromatic heterocycles. The van der Waals surface area contributed by atoms with Gasteiger partial charge in [-0.1, -0.05) is 11.3 Å². The Balaban J connectivity index is 1.50. The first-order valence-electron chi connectivity index (χ1n) is 7.77. The number of rotatable bonds is 2. The lowest BCUT2D eigenvalue weighted by Gasteiger charge is -2.24. The van der Waals surface area contributed by atoms with Crippen molar-refractivity contribution in [3.8, 4) is 0 Å². The van der Waals surface area contributed by atoms with Crippen LogP contribution >= 0.6 is 11.3 Å². The van der Waals surface area contributed by atoms with Crippen molar-refractivity contribution in [2.45, 2.75) is 31.7 Å². The minimum atomic E-state index is -0.0412. The van der Waals surface area contributed by atoms with E-state index in [1.54, 1.807) is 4.90 Å². The molecule has 122 valence electrons. The van der Waals surface area contributed by atoms with Gasteiger partial charge in [0.1, 0.15) is 16.3 Å². The van der Waals surface area contributed by atoms with Crippen LogP contribution in [-0.4, -0.2) is 40.5 Å². The summed E-state index contributed by atoms with van der Waals surface area (Å²) in [6.45, 7) is 2.63. The van der Waals surface area contributed by atoms with Crippen LogP contribution in [0.5, 0.6) is 0 Å². The summed E-state index contributed by atoms with van der Waals surface area (Å²) in [7, 11) is 0. The van der Waals surface area contributed by atoms with Crippen LogP contribution in [0.3, 0.4) is 0 Å². The number of nitrogens with two attached hydrogens (primary N) is 1. The van der Waals surface area contributed by atoms with Crippen molar-refractivity contribution < 1.29 is 13.9 Å². The monoisotopic (exact) mass is 334 g/mol. The molecule has 1 saturated heterocycles. The van der Waals surface area contributed by atoms with Crippen LogP contribution in [0.4, 0.5) is 5.13 Å². The van der Waals surface area contributed by atoms with Gasteiger partial charge in [0.2, 0.25) is 0 Å². The van der Waals surface area contributed by atoms with Crippen molar-refractivity contribution in [1.82, 2.24) is 14.9 Å².